The van der Waals surface area contributed by atoms with Crippen LogP contribution in [0.25, 0.3) is 0 Å². The third kappa shape index (κ3) is 1.01. The van der Waals surface area contributed by atoms with Gasteiger partial charge in [-0.3, -0.25) is 4.68 Å². The van der Waals surface area contributed by atoms with E-state index >= 15 is 0 Å². The molecule has 0 aliphatic carbocycles. The molecule has 0 N–H and O–H groups in total. The average molecular weight is 129 g/mol. The molecular weight excluding hydrogens is 122 g/mol. The molecule has 1 rings (SSSR count). The van der Waals surface area contributed by atoms with Crippen LogP contribution in [-0.4, -0.2) is 15.0 Å². The summed E-state index contributed by atoms with van der Waals surface area (Å²) in [7, 11) is 1.83. The molecule has 8 heavy (non-hydrogen) atoms. The molecule has 0 aliphatic heterocycles. The van der Waals surface area contributed by atoms with Crippen molar-refractivity contribution in [3.63, 3.8) is 0 Å². The van der Waals surface area contributed by atoms with Gasteiger partial charge in [0.1, 0.15) is 0 Å². The molecule has 0 spiro atoms. The first-order chi connectivity index (χ1) is 3.83. The smallest absolute Gasteiger partial charge is 0.0923 e. The Hall–Kier alpha value is -0.510. The van der Waals surface area contributed by atoms with E-state index in [9.17, 15) is 0 Å². The van der Waals surface area contributed by atoms with E-state index < -0.39 is 0 Å². The Balaban J connectivity index is 2.84. The minimum Gasteiger partial charge on any atom is -0.255 e. The number of hydrogen-bond acceptors (Lipinski definition) is 3. The van der Waals surface area contributed by atoms with Gasteiger partial charge in [0.25, 0.3) is 0 Å². The maximum absolute atomic E-state index is 4.01. The third-order valence-electron chi connectivity index (χ3n) is 0.812. The first kappa shape index (κ1) is 5.62. The van der Waals surface area contributed by atoms with Crippen molar-refractivity contribution in [2.45, 2.75) is 5.75 Å². The van der Waals surface area contributed by atoms with Crippen LogP contribution in [0, 0.1) is 0 Å². The van der Waals surface area contributed by atoms with Crippen LogP contribution in [-0.2, 0) is 12.8 Å². The minimum absolute atomic E-state index is 0.661. The highest BCUT2D eigenvalue weighted by Gasteiger charge is 1.90. The van der Waals surface area contributed by atoms with E-state index in [1.54, 1.807) is 4.68 Å². The first-order valence-electron chi connectivity index (χ1n) is 2.29. The van der Waals surface area contributed by atoms with E-state index in [1.165, 1.54) is 0 Å². The van der Waals surface area contributed by atoms with Crippen molar-refractivity contribution in [1.29, 1.82) is 0 Å². The summed E-state index contributed by atoms with van der Waals surface area (Å²) < 4.78 is 1.66. The lowest BCUT2D eigenvalue weighted by Crippen LogP contribution is -1.85. The van der Waals surface area contributed by atoms with Gasteiger partial charge < -0.3 is 0 Å². The maximum Gasteiger partial charge on any atom is 0.0923 e. The van der Waals surface area contributed by atoms with Crippen LogP contribution in [0.5, 0.6) is 0 Å². The molecule has 1 aromatic heterocycles. The number of aromatic nitrogens is 3. The molecule has 0 fully saturated rings. The van der Waals surface area contributed by atoms with Gasteiger partial charge in [0.05, 0.1) is 5.69 Å². The normalized spacial score (nSPS) is 9.75. The molecule has 4 heteroatoms. The first-order valence-corrected chi connectivity index (χ1v) is 2.92. The van der Waals surface area contributed by atoms with Crippen molar-refractivity contribution in [2.24, 2.45) is 7.05 Å². The second-order valence-electron chi connectivity index (χ2n) is 1.54. The molecule has 0 atom stereocenters. The van der Waals surface area contributed by atoms with E-state index in [1.807, 2.05) is 13.2 Å². The van der Waals surface area contributed by atoms with Crippen LogP contribution in [0.2, 0.25) is 0 Å². The van der Waals surface area contributed by atoms with Crippen molar-refractivity contribution in [2.75, 3.05) is 0 Å². The van der Waals surface area contributed by atoms with Crippen molar-refractivity contribution >= 4 is 12.6 Å². The molecular formula is C4H7N3S. The van der Waals surface area contributed by atoms with Gasteiger partial charge in [-0.2, -0.15) is 12.6 Å². The second-order valence-corrected chi connectivity index (χ2v) is 1.86. The van der Waals surface area contributed by atoms with Gasteiger partial charge >= 0.3 is 0 Å². The largest absolute Gasteiger partial charge is 0.255 e. The molecule has 3 nitrogen and oxygen atoms in total. The van der Waals surface area contributed by atoms with Crippen molar-refractivity contribution in [1.82, 2.24) is 15.0 Å². The van der Waals surface area contributed by atoms with Gasteiger partial charge in [-0.1, -0.05) is 5.21 Å². The van der Waals surface area contributed by atoms with Crippen molar-refractivity contribution in [3.8, 4) is 0 Å². The summed E-state index contributed by atoms with van der Waals surface area (Å²) in [5, 5.41) is 7.48. The molecule has 0 saturated heterocycles. The molecule has 0 aromatic carbocycles. The highest BCUT2D eigenvalue weighted by atomic mass is 32.1. The summed E-state index contributed by atoms with van der Waals surface area (Å²) in [4.78, 5) is 0. The van der Waals surface area contributed by atoms with Crippen LogP contribution in [0.15, 0.2) is 6.20 Å². The number of thiol groups is 1. The zero-order valence-electron chi connectivity index (χ0n) is 4.57. The molecule has 44 valence electrons. The molecule has 0 unspecified atom stereocenters. The molecule has 0 saturated carbocycles. The van der Waals surface area contributed by atoms with E-state index in [0.717, 1.165) is 5.69 Å². The fourth-order valence-electron chi connectivity index (χ4n) is 0.468. The second kappa shape index (κ2) is 2.17. The predicted octanol–water partition coefficient (Wildman–Crippen LogP) is 0.245. The van der Waals surface area contributed by atoms with Crippen LogP contribution in [0.3, 0.4) is 0 Å². The fourth-order valence-corrected chi connectivity index (χ4v) is 0.613. The van der Waals surface area contributed by atoms with E-state index in [2.05, 4.69) is 22.9 Å². The lowest BCUT2D eigenvalue weighted by molar-refractivity contribution is 0.714. The highest BCUT2D eigenvalue weighted by Crippen LogP contribution is 1.93. The van der Waals surface area contributed by atoms with Crippen LogP contribution in [0.1, 0.15) is 5.69 Å². The van der Waals surface area contributed by atoms with Gasteiger partial charge in [-0.05, 0) is 0 Å². The summed E-state index contributed by atoms with van der Waals surface area (Å²) in [6, 6.07) is 0. The Morgan fingerprint density at radius 1 is 1.88 bits per heavy atom. The average Bonchev–Trinajstić information content (AvgIpc) is 2.14. The Kier molecular flexibility index (Phi) is 1.53. The van der Waals surface area contributed by atoms with Crippen LogP contribution < -0.4 is 0 Å². The molecule has 1 heterocycles. The number of aryl methyl sites for hydroxylation is 1. The van der Waals surface area contributed by atoms with Crippen molar-refractivity contribution in [3.05, 3.63) is 11.9 Å². The Morgan fingerprint density at radius 3 is 2.88 bits per heavy atom. The highest BCUT2D eigenvalue weighted by molar-refractivity contribution is 7.79. The molecule has 0 radical (unpaired) electrons. The maximum atomic E-state index is 4.01. The zero-order chi connectivity index (χ0) is 5.98. The zero-order valence-corrected chi connectivity index (χ0v) is 5.47. The standard InChI is InChI=1S/C4H7N3S/c1-7-2-4(3-8)5-6-7/h2,8H,3H2,1H3. The van der Waals surface area contributed by atoms with Crippen LogP contribution in [0.4, 0.5) is 0 Å². The van der Waals surface area contributed by atoms with E-state index in [4.69, 9.17) is 0 Å². The lowest BCUT2D eigenvalue weighted by Gasteiger charge is -1.78. The van der Waals surface area contributed by atoms with Crippen molar-refractivity contribution < 1.29 is 0 Å². The number of hydrogen-bond donors (Lipinski definition) is 1. The monoisotopic (exact) mass is 129 g/mol. The third-order valence-corrected chi connectivity index (χ3v) is 1.14. The summed E-state index contributed by atoms with van der Waals surface area (Å²) in [5.41, 5.74) is 0.913. The van der Waals surface area contributed by atoms with Gasteiger partial charge in [0, 0.05) is 19.0 Å². The quantitative estimate of drug-likeness (QED) is 0.551. The molecule has 0 bridgehead atoms. The van der Waals surface area contributed by atoms with Gasteiger partial charge in [0.15, 0.2) is 0 Å². The van der Waals surface area contributed by atoms with Gasteiger partial charge in [-0.15, -0.1) is 5.10 Å². The SMILES string of the molecule is Cn1cc(CS)nn1. The minimum atomic E-state index is 0.661. The molecule has 1 aromatic rings. The predicted molar refractivity (Wildman–Crippen MR) is 33.7 cm³/mol. The Morgan fingerprint density at radius 2 is 2.62 bits per heavy atom. The summed E-state index contributed by atoms with van der Waals surface area (Å²) in [5.74, 6) is 0.661. The topological polar surface area (TPSA) is 30.7 Å². The van der Waals surface area contributed by atoms with Crippen LogP contribution >= 0.6 is 12.6 Å². The fraction of sp³-hybridized carbons (Fsp3) is 0.500. The number of nitrogens with zero attached hydrogens (tertiary/aromatic N) is 3. The summed E-state index contributed by atoms with van der Waals surface area (Å²) in [6.07, 6.45) is 1.84. The van der Waals surface area contributed by atoms with Gasteiger partial charge in [-0.25, -0.2) is 0 Å². The summed E-state index contributed by atoms with van der Waals surface area (Å²) in [6.45, 7) is 0. The Bertz CT molecular complexity index is 172. The number of rotatable bonds is 1. The lowest BCUT2D eigenvalue weighted by atomic mass is 10.6. The van der Waals surface area contributed by atoms with E-state index in [-0.39, 0.29) is 0 Å². The Labute approximate surface area is 53.1 Å². The molecule has 0 amide bonds. The van der Waals surface area contributed by atoms with Gasteiger partial charge in [0.2, 0.25) is 0 Å². The molecule has 0 aliphatic rings. The van der Waals surface area contributed by atoms with E-state index in [0.29, 0.717) is 5.75 Å². The summed E-state index contributed by atoms with van der Waals surface area (Å²) >= 11 is 4.01.